The second kappa shape index (κ2) is 14.8. The maximum Gasteiger partial charge on any atom is 0.437 e. The Bertz CT molecular complexity index is 1640. The van der Waals surface area contributed by atoms with E-state index in [0.29, 0.717) is 12.8 Å². The molecule has 1 aliphatic heterocycles. The van der Waals surface area contributed by atoms with Crippen LogP contribution in [-0.4, -0.2) is 68.8 Å². The molecule has 2 aromatic carbocycles. The minimum atomic E-state index is -4.74. The molecule has 15 heteroatoms. The van der Waals surface area contributed by atoms with Crippen molar-refractivity contribution in [1.82, 2.24) is 20.4 Å². The summed E-state index contributed by atoms with van der Waals surface area (Å²) < 4.78 is 64.0. The third-order valence-corrected chi connectivity index (χ3v) is 7.07. The summed E-state index contributed by atoms with van der Waals surface area (Å²) in [6.45, 7) is 12.0. The fourth-order valence-electron chi connectivity index (χ4n) is 4.94. The number of likely N-dealkylation sites (tertiary alicyclic amines) is 1. The summed E-state index contributed by atoms with van der Waals surface area (Å²) >= 11 is 0. The molecule has 1 aromatic heterocycles. The summed E-state index contributed by atoms with van der Waals surface area (Å²) in [7, 11) is 0. The number of hydrogen-bond donors (Lipinski definition) is 2. The van der Waals surface area contributed by atoms with Crippen molar-refractivity contribution in [2.75, 3.05) is 13.2 Å². The number of rotatable bonds is 7. The van der Waals surface area contributed by atoms with Gasteiger partial charge >= 0.3 is 18.4 Å². The molecule has 12 nitrogen and oxygen atoms in total. The molecule has 49 heavy (non-hydrogen) atoms. The fourth-order valence-corrected chi connectivity index (χ4v) is 4.94. The van der Waals surface area contributed by atoms with E-state index >= 15 is 0 Å². The third-order valence-electron chi connectivity index (χ3n) is 7.07. The molecular weight excluding hydrogens is 647 g/mol. The second-order valence-electron chi connectivity index (χ2n) is 13.6. The van der Waals surface area contributed by atoms with Crippen LogP contribution in [-0.2, 0) is 22.1 Å². The number of aliphatic hydroxyl groups is 1. The molecule has 2 atom stereocenters. The standard InChI is InChI=1S/C34H42F3N5O7/c1-20-10-12-21(13-11-20)9-8-18-46-25-15-14-22(19-23(25)34(35,36)37)27-38-28(49-41-27)26-24(43)16-17-42(26)29(39-30(44)47-32(2,3)4)40-31(45)48-33(5,6)7/h10-15,19,24,26,43H,8-9,16-18H2,1-7H3,(H,39,40,44,45)/t24-,26-/m0/s1. The van der Waals surface area contributed by atoms with Gasteiger partial charge in [-0.15, -0.1) is 4.99 Å². The fraction of sp³-hybridized carbons (Fsp3) is 0.500. The predicted octanol–water partition coefficient (Wildman–Crippen LogP) is 7.00. The summed E-state index contributed by atoms with van der Waals surface area (Å²) in [5, 5.41) is 17.2. The number of ether oxygens (including phenoxy) is 3. The number of aliphatic hydroxyl groups excluding tert-OH is 1. The number of guanidine groups is 1. The van der Waals surface area contributed by atoms with Crippen LogP contribution in [0.2, 0.25) is 0 Å². The van der Waals surface area contributed by atoms with Gasteiger partial charge < -0.3 is 28.7 Å². The van der Waals surface area contributed by atoms with E-state index in [-0.39, 0.29) is 48.6 Å². The molecule has 0 bridgehead atoms. The highest BCUT2D eigenvalue weighted by molar-refractivity contribution is 5.99. The topological polar surface area (TPSA) is 149 Å². The molecule has 0 radical (unpaired) electrons. The molecule has 3 aromatic rings. The molecule has 0 saturated carbocycles. The van der Waals surface area contributed by atoms with Crippen LogP contribution in [0.15, 0.2) is 52.0 Å². The van der Waals surface area contributed by atoms with Gasteiger partial charge in [0.2, 0.25) is 11.8 Å². The number of nitrogens with zero attached hydrogens (tertiary/aromatic N) is 4. The number of carbonyl (C=O) groups excluding carboxylic acids is 2. The average molecular weight is 690 g/mol. The quantitative estimate of drug-likeness (QED) is 0.151. The van der Waals surface area contributed by atoms with Gasteiger partial charge in [0, 0.05) is 12.1 Å². The van der Waals surface area contributed by atoms with Crippen LogP contribution in [0.5, 0.6) is 5.75 Å². The molecule has 2 amide bonds. The maximum atomic E-state index is 14.1. The van der Waals surface area contributed by atoms with Crippen molar-refractivity contribution in [2.45, 2.75) is 97.3 Å². The number of carbonyl (C=O) groups is 2. The second-order valence-corrected chi connectivity index (χ2v) is 13.6. The average Bonchev–Trinajstić information content (AvgIpc) is 3.60. The molecule has 1 fully saturated rings. The van der Waals surface area contributed by atoms with E-state index in [1.165, 1.54) is 17.0 Å². The summed E-state index contributed by atoms with van der Waals surface area (Å²) in [6, 6.07) is 10.2. The molecule has 0 spiro atoms. The first kappa shape index (κ1) is 37.2. The van der Waals surface area contributed by atoms with Crippen LogP contribution in [0, 0.1) is 6.92 Å². The lowest BCUT2D eigenvalue weighted by Crippen LogP contribution is -2.47. The maximum absolute atomic E-state index is 14.1. The summed E-state index contributed by atoms with van der Waals surface area (Å²) in [5.74, 6) is -1.02. The Morgan fingerprint density at radius 3 is 2.35 bits per heavy atom. The van der Waals surface area contributed by atoms with Gasteiger partial charge in [-0.2, -0.15) is 18.2 Å². The molecule has 4 rings (SSSR count). The van der Waals surface area contributed by atoms with Gasteiger partial charge in [0.1, 0.15) is 23.0 Å². The molecule has 0 aliphatic carbocycles. The van der Waals surface area contributed by atoms with Crippen LogP contribution >= 0.6 is 0 Å². The van der Waals surface area contributed by atoms with Crippen LogP contribution in [0.1, 0.15) is 83.0 Å². The molecule has 266 valence electrons. The molecule has 2 N–H and O–H groups in total. The lowest BCUT2D eigenvalue weighted by Gasteiger charge is -2.28. The Morgan fingerprint density at radius 1 is 1.04 bits per heavy atom. The smallest absolute Gasteiger partial charge is 0.437 e. The SMILES string of the molecule is Cc1ccc(CCCOc2ccc(-c3noc([C@@H]4[C@@H](O)CCN4C(=NC(=O)OC(C)(C)C)NC(=O)OC(C)(C)C)n3)cc2C(F)(F)F)cc1. The van der Waals surface area contributed by atoms with Gasteiger partial charge in [0.15, 0.2) is 0 Å². The molecule has 0 unspecified atom stereocenters. The van der Waals surface area contributed by atoms with Gasteiger partial charge in [-0.25, -0.2) is 9.59 Å². The van der Waals surface area contributed by atoms with E-state index < -0.39 is 47.3 Å². The zero-order valence-electron chi connectivity index (χ0n) is 28.6. The van der Waals surface area contributed by atoms with Gasteiger partial charge in [0.05, 0.1) is 18.3 Å². The van der Waals surface area contributed by atoms with Crippen LogP contribution in [0.3, 0.4) is 0 Å². The number of nitrogens with one attached hydrogen (secondary N) is 1. The first-order chi connectivity index (χ1) is 22.8. The Hall–Kier alpha value is -4.66. The number of aliphatic imine (C=N–C) groups is 1. The highest BCUT2D eigenvalue weighted by Gasteiger charge is 2.42. The first-order valence-electron chi connectivity index (χ1n) is 15.8. The van der Waals surface area contributed by atoms with E-state index in [0.717, 1.165) is 17.2 Å². The minimum absolute atomic E-state index is 0.0112. The number of halogens is 3. The summed E-state index contributed by atoms with van der Waals surface area (Å²) in [5.41, 5.74) is -0.634. The van der Waals surface area contributed by atoms with E-state index in [4.69, 9.17) is 18.7 Å². The number of hydrogen-bond acceptors (Lipinski definition) is 9. The highest BCUT2D eigenvalue weighted by atomic mass is 19.4. The number of amides is 2. The summed E-state index contributed by atoms with van der Waals surface area (Å²) in [6.07, 6.45) is -6.54. The number of benzene rings is 2. The number of aryl methyl sites for hydroxylation is 2. The van der Waals surface area contributed by atoms with Crippen molar-refractivity contribution in [3.8, 4) is 17.1 Å². The van der Waals surface area contributed by atoms with Gasteiger partial charge in [-0.3, -0.25) is 5.32 Å². The van der Waals surface area contributed by atoms with Crippen LogP contribution in [0.25, 0.3) is 11.4 Å². The van der Waals surface area contributed by atoms with Gasteiger partial charge in [-0.1, -0.05) is 35.0 Å². The lowest BCUT2D eigenvalue weighted by molar-refractivity contribution is -0.138. The largest absolute Gasteiger partial charge is 0.493 e. The van der Waals surface area contributed by atoms with Crippen molar-refractivity contribution in [3.05, 3.63) is 65.0 Å². The normalized spacial score (nSPS) is 17.2. The van der Waals surface area contributed by atoms with Crippen molar-refractivity contribution in [3.63, 3.8) is 0 Å². The van der Waals surface area contributed by atoms with Gasteiger partial charge in [0.25, 0.3) is 5.89 Å². The Labute approximate surface area is 282 Å². The van der Waals surface area contributed by atoms with E-state index in [9.17, 15) is 27.9 Å². The van der Waals surface area contributed by atoms with Gasteiger partial charge in [-0.05, 0) is 91.5 Å². The zero-order chi connectivity index (χ0) is 36.1. The van der Waals surface area contributed by atoms with E-state index in [1.54, 1.807) is 41.5 Å². The van der Waals surface area contributed by atoms with Crippen LogP contribution < -0.4 is 10.1 Å². The highest BCUT2D eigenvalue weighted by Crippen LogP contribution is 2.39. The van der Waals surface area contributed by atoms with Crippen LogP contribution in [0.4, 0.5) is 22.8 Å². The third kappa shape index (κ3) is 10.7. The predicted molar refractivity (Wildman–Crippen MR) is 173 cm³/mol. The lowest BCUT2D eigenvalue weighted by atomic mass is 10.1. The zero-order valence-corrected chi connectivity index (χ0v) is 28.6. The molecular formula is C34H42F3N5O7. The molecule has 1 saturated heterocycles. The number of aromatic nitrogens is 2. The number of alkyl carbamates (subject to hydrolysis) is 1. The number of alkyl halides is 3. The van der Waals surface area contributed by atoms with Crippen molar-refractivity contribution >= 4 is 18.1 Å². The summed E-state index contributed by atoms with van der Waals surface area (Å²) in [4.78, 5) is 34.9. The molecule has 1 aliphatic rings. The van der Waals surface area contributed by atoms with E-state index in [1.807, 2.05) is 31.2 Å². The Kier molecular flexibility index (Phi) is 11.3. The van der Waals surface area contributed by atoms with Crippen molar-refractivity contribution in [2.24, 2.45) is 4.99 Å². The van der Waals surface area contributed by atoms with E-state index in [2.05, 4.69) is 20.4 Å². The van der Waals surface area contributed by atoms with Crippen molar-refractivity contribution in [1.29, 1.82) is 0 Å². The Morgan fingerprint density at radius 2 is 1.71 bits per heavy atom. The first-order valence-corrected chi connectivity index (χ1v) is 15.8. The monoisotopic (exact) mass is 689 g/mol. The minimum Gasteiger partial charge on any atom is -0.493 e. The molecule has 2 heterocycles. The Balaban J connectivity index is 1.57. The van der Waals surface area contributed by atoms with Crippen molar-refractivity contribution < 1.29 is 46.6 Å².